The van der Waals surface area contributed by atoms with Gasteiger partial charge in [0.1, 0.15) is 11.3 Å². The van der Waals surface area contributed by atoms with Gasteiger partial charge in [0.05, 0.1) is 13.7 Å². The highest BCUT2D eigenvalue weighted by Crippen LogP contribution is 2.38. The van der Waals surface area contributed by atoms with Crippen LogP contribution < -0.4 is 4.74 Å². The van der Waals surface area contributed by atoms with Crippen molar-refractivity contribution >= 4 is 11.9 Å². The monoisotopic (exact) mass is 429 g/mol. The fourth-order valence-electron chi connectivity index (χ4n) is 4.73. The summed E-state index contributed by atoms with van der Waals surface area (Å²) in [6.07, 6.45) is 3.51. The quantitative estimate of drug-likeness (QED) is 0.547. The van der Waals surface area contributed by atoms with Gasteiger partial charge in [0.15, 0.2) is 0 Å². The Labute approximate surface area is 187 Å². The van der Waals surface area contributed by atoms with E-state index in [1.54, 1.807) is 7.11 Å². The molecule has 3 amide bonds. The molecule has 31 heavy (non-hydrogen) atoms. The van der Waals surface area contributed by atoms with Crippen molar-refractivity contribution in [2.45, 2.75) is 65.5 Å². The average molecular weight is 430 g/mol. The second-order valence-electron chi connectivity index (χ2n) is 9.71. The van der Waals surface area contributed by atoms with Crippen molar-refractivity contribution in [3.8, 4) is 5.75 Å². The van der Waals surface area contributed by atoms with E-state index < -0.39 is 5.54 Å². The Morgan fingerprint density at radius 2 is 1.84 bits per heavy atom. The molecule has 6 heteroatoms. The first kappa shape index (κ1) is 23.6. The van der Waals surface area contributed by atoms with Gasteiger partial charge in [-0.25, -0.2) is 4.79 Å². The van der Waals surface area contributed by atoms with Crippen LogP contribution in [0.5, 0.6) is 5.75 Å². The Morgan fingerprint density at radius 3 is 2.45 bits per heavy atom. The summed E-state index contributed by atoms with van der Waals surface area (Å²) >= 11 is 0. The predicted molar refractivity (Wildman–Crippen MR) is 123 cm³/mol. The molecule has 1 aromatic rings. The first-order chi connectivity index (χ1) is 14.8. The van der Waals surface area contributed by atoms with E-state index in [4.69, 9.17) is 4.74 Å². The molecule has 0 bridgehead atoms. The maximum Gasteiger partial charge on any atom is 0.327 e. The lowest BCUT2D eigenvalue weighted by Gasteiger charge is -2.43. The summed E-state index contributed by atoms with van der Waals surface area (Å²) in [6, 6.07) is 7.49. The third kappa shape index (κ3) is 5.05. The molecule has 0 saturated carbocycles. The molecule has 0 aromatic heterocycles. The number of carbonyl (C=O) groups is 2. The number of benzene rings is 1. The van der Waals surface area contributed by atoms with Crippen molar-refractivity contribution in [3.63, 3.8) is 0 Å². The van der Waals surface area contributed by atoms with E-state index in [1.807, 2.05) is 29.2 Å². The van der Waals surface area contributed by atoms with Gasteiger partial charge >= 0.3 is 6.03 Å². The minimum absolute atomic E-state index is 0.0210. The van der Waals surface area contributed by atoms with Gasteiger partial charge in [-0.05, 0) is 48.8 Å². The summed E-state index contributed by atoms with van der Waals surface area (Å²) in [5, 5.41) is 0. The second kappa shape index (κ2) is 10.0. The third-order valence-corrected chi connectivity index (χ3v) is 6.98. The lowest BCUT2D eigenvalue weighted by atomic mass is 9.85. The molecule has 1 atom stereocenters. The fraction of sp³-hybridized carbons (Fsp3) is 0.680. The molecular weight excluding hydrogens is 390 g/mol. The van der Waals surface area contributed by atoms with E-state index in [-0.39, 0.29) is 11.9 Å². The number of nitrogens with zero attached hydrogens (tertiary/aromatic N) is 3. The van der Waals surface area contributed by atoms with Gasteiger partial charge in [0.25, 0.3) is 5.91 Å². The van der Waals surface area contributed by atoms with Gasteiger partial charge in [-0.3, -0.25) is 9.69 Å². The number of carbonyl (C=O) groups excluding carboxylic acids is 2. The standard InChI is InChI=1S/C25H39N3O3/c1-6-20(4)17-26-14-11-25(12-15-26)23(29)27(24(30)28(25)13-10-19(2)3)18-21-8-7-9-22(16-21)31-5/h7-9,16,19-20H,6,10-15,17-18H2,1-5H3. The molecule has 1 aromatic carbocycles. The number of amides is 3. The zero-order valence-corrected chi connectivity index (χ0v) is 19.9. The van der Waals surface area contributed by atoms with Crippen molar-refractivity contribution in [2.24, 2.45) is 11.8 Å². The molecule has 0 radical (unpaired) electrons. The largest absolute Gasteiger partial charge is 0.497 e. The van der Waals surface area contributed by atoms with Crippen molar-refractivity contribution in [2.75, 3.05) is 33.3 Å². The maximum absolute atomic E-state index is 13.7. The highest BCUT2D eigenvalue weighted by molar-refractivity contribution is 6.07. The molecule has 1 spiro atoms. The lowest BCUT2D eigenvalue weighted by Crippen LogP contribution is -2.57. The van der Waals surface area contributed by atoms with Crippen LogP contribution in [0.25, 0.3) is 0 Å². The molecule has 1 unspecified atom stereocenters. The zero-order chi connectivity index (χ0) is 22.6. The number of likely N-dealkylation sites (tertiary alicyclic amines) is 1. The number of ether oxygens (including phenoxy) is 1. The first-order valence-corrected chi connectivity index (χ1v) is 11.8. The predicted octanol–water partition coefficient (Wildman–Crippen LogP) is 4.39. The number of urea groups is 1. The maximum atomic E-state index is 13.7. The molecule has 2 aliphatic heterocycles. The van der Waals surface area contributed by atoms with Gasteiger partial charge in [0.2, 0.25) is 0 Å². The summed E-state index contributed by atoms with van der Waals surface area (Å²) in [5.41, 5.74) is 0.229. The van der Waals surface area contributed by atoms with Crippen molar-refractivity contribution < 1.29 is 14.3 Å². The highest BCUT2D eigenvalue weighted by atomic mass is 16.5. The topological polar surface area (TPSA) is 53.1 Å². The number of piperidine rings is 1. The summed E-state index contributed by atoms with van der Waals surface area (Å²) < 4.78 is 5.32. The molecule has 2 fully saturated rings. The van der Waals surface area contributed by atoms with Gasteiger partial charge in [-0.1, -0.05) is 46.2 Å². The van der Waals surface area contributed by atoms with Crippen LogP contribution in [0.4, 0.5) is 4.79 Å². The van der Waals surface area contributed by atoms with E-state index in [1.165, 1.54) is 4.90 Å². The van der Waals surface area contributed by atoms with Crippen molar-refractivity contribution in [1.29, 1.82) is 0 Å². The van der Waals surface area contributed by atoms with E-state index in [0.29, 0.717) is 24.9 Å². The van der Waals surface area contributed by atoms with E-state index in [0.717, 1.165) is 56.6 Å². The highest BCUT2D eigenvalue weighted by Gasteiger charge is 2.57. The molecule has 2 aliphatic rings. The Kier molecular flexibility index (Phi) is 7.63. The Hall–Kier alpha value is -2.08. The Bertz CT molecular complexity index is 771. The summed E-state index contributed by atoms with van der Waals surface area (Å²) in [4.78, 5) is 33.0. The molecular formula is C25H39N3O3. The summed E-state index contributed by atoms with van der Waals surface area (Å²) in [7, 11) is 1.63. The molecule has 0 aliphatic carbocycles. The number of methoxy groups -OCH3 is 1. The lowest BCUT2D eigenvalue weighted by molar-refractivity contribution is -0.136. The van der Waals surface area contributed by atoms with Crippen LogP contribution in [0, 0.1) is 11.8 Å². The number of hydrogen-bond acceptors (Lipinski definition) is 4. The molecule has 2 heterocycles. The first-order valence-electron chi connectivity index (χ1n) is 11.8. The minimum atomic E-state index is -0.684. The van der Waals surface area contributed by atoms with Crippen LogP contribution in [0.3, 0.4) is 0 Å². The summed E-state index contributed by atoms with van der Waals surface area (Å²) in [6.45, 7) is 12.6. The van der Waals surface area contributed by atoms with Crippen LogP contribution in [0.2, 0.25) is 0 Å². The van der Waals surface area contributed by atoms with E-state index in [2.05, 4.69) is 32.6 Å². The molecule has 172 valence electrons. The SMILES string of the molecule is CCC(C)CN1CCC2(CC1)C(=O)N(Cc1cccc(OC)c1)C(=O)N2CCC(C)C. The van der Waals surface area contributed by atoms with Gasteiger partial charge in [0, 0.05) is 26.2 Å². The summed E-state index contributed by atoms with van der Waals surface area (Å²) in [5.74, 6) is 1.85. The molecule has 0 N–H and O–H groups in total. The van der Waals surface area contributed by atoms with Crippen LogP contribution in [0.15, 0.2) is 24.3 Å². The van der Waals surface area contributed by atoms with Crippen molar-refractivity contribution in [1.82, 2.24) is 14.7 Å². The smallest absolute Gasteiger partial charge is 0.327 e. The molecule has 2 saturated heterocycles. The van der Waals surface area contributed by atoms with Crippen molar-refractivity contribution in [3.05, 3.63) is 29.8 Å². The average Bonchev–Trinajstić information content (AvgIpc) is 2.95. The molecule has 6 nitrogen and oxygen atoms in total. The van der Waals surface area contributed by atoms with Crippen LogP contribution in [-0.2, 0) is 11.3 Å². The number of rotatable bonds is 9. The van der Waals surface area contributed by atoms with E-state index in [9.17, 15) is 9.59 Å². The zero-order valence-electron chi connectivity index (χ0n) is 19.9. The Morgan fingerprint density at radius 1 is 1.13 bits per heavy atom. The Balaban J connectivity index is 1.80. The van der Waals surface area contributed by atoms with Crippen LogP contribution >= 0.6 is 0 Å². The molecule has 3 rings (SSSR count). The van der Waals surface area contributed by atoms with Gasteiger partial charge in [-0.2, -0.15) is 0 Å². The van der Waals surface area contributed by atoms with Gasteiger partial charge in [-0.15, -0.1) is 0 Å². The van der Waals surface area contributed by atoms with Crippen LogP contribution in [-0.4, -0.2) is 65.5 Å². The number of imide groups is 1. The third-order valence-electron chi connectivity index (χ3n) is 6.98. The van der Waals surface area contributed by atoms with Gasteiger partial charge < -0.3 is 14.5 Å². The fourth-order valence-corrected chi connectivity index (χ4v) is 4.73. The normalized spacial score (nSPS) is 20.2. The minimum Gasteiger partial charge on any atom is -0.497 e. The van der Waals surface area contributed by atoms with E-state index >= 15 is 0 Å². The second-order valence-corrected chi connectivity index (χ2v) is 9.71. The number of hydrogen-bond donors (Lipinski definition) is 0. The van der Waals surface area contributed by atoms with Crippen LogP contribution in [0.1, 0.15) is 58.9 Å².